The third kappa shape index (κ3) is 5.33. The maximum atomic E-state index is 13.5. The third-order valence-electron chi connectivity index (χ3n) is 5.91. The van der Waals surface area contributed by atoms with Crippen LogP contribution >= 0.6 is 0 Å². The van der Waals surface area contributed by atoms with Crippen molar-refractivity contribution in [3.8, 4) is 0 Å². The van der Waals surface area contributed by atoms with Crippen LogP contribution in [-0.4, -0.2) is 38.7 Å². The van der Waals surface area contributed by atoms with Gasteiger partial charge in [-0.2, -0.15) is 5.10 Å². The number of likely N-dealkylation sites (tertiary alicyclic amines) is 1. The van der Waals surface area contributed by atoms with Crippen LogP contribution in [0.25, 0.3) is 0 Å². The molecule has 0 bridgehead atoms. The molecule has 0 radical (unpaired) electrons. The lowest BCUT2D eigenvalue weighted by Crippen LogP contribution is -2.28. The van der Waals surface area contributed by atoms with Gasteiger partial charge in [0.1, 0.15) is 5.82 Å². The molecule has 1 aliphatic heterocycles. The lowest BCUT2D eigenvalue weighted by Gasteiger charge is -2.17. The molecule has 1 atom stereocenters. The Morgan fingerprint density at radius 3 is 2.72 bits per heavy atom. The predicted octanol–water partition coefficient (Wildman–Crippen LogP) is 4.88. The number of amides is 1. The molecule has 32 heavy (non-hydrogen) atoms. The first-order valence-corrected chi connectivity index (χ1v) is 11.2. The first kappa shape index (κ1) is 22.0. The van der Waals surface area contributed by atoms with Crippen LogP contribution in [0.4, 0.5) is 15.8 Å². The molecule has 1 aliphatic rings. The molecule has 2 aromatic heterocycles. The Labute approximate surface area is 188 Å². The van der Waals surface area contributed by atoms with Crippen LogP contribution < -0.4 is 5.32 Å². The second-order valence-corrected chi connectivity index (χ2v) is 8.64. The zero-order valence-electron chi connectivity index (χ0n) is 18.9. The molecule has 1 saturated heterocycles. The Morgan fingerprint density at radius 2 is 1.97 bits per heavy atom. The smallest absolute Gasteiger partial charge is 0.222 e. The lowest BCUT2D eigenvalue weighted by atomic mass is 10.0. The van der Waals surface area contributed by atoms with E-state index >= 15 is 0 Å². The van der Waals surface area contributed by atoms with E-state index in [4.69, 9.17) is 4.98 Å². The summed E-state index contributed by atoms with van der Waals surface area (Å²) in [6, 6.07) is 12.4. The number of aromatic nitrogens is 3. The number of carbonyl (C=O) groups is 1. The van der Waals surface area contributed by atoms with Crippen LogP contribution in [0.1, 0.15) is 48.0 Å². The highest BCUT2D eigenvalue weighted by molar-refractivity contribution is 5.76. The van der Waals surface area contributed by atoms with E-state index < -0.39 is 0 Å². The summed E-state index contributed by atoms with van der Waals surface area (Å²) < 4.78 is 15.5. The van der Waals surface area contributed by atoms with E-state index in [0.717, 1.165) is 54.4 Å². The summed E-state index contributed by atoms with van der Waals surface area (Å²) in [5, 5.41) is 7.73. The second-order valence-electron chi connectivity index (χ2n) is 8.64. The molecule has 1 fully saturated rings. The Balaban J connectivity index is 1.34. The molecule has 1 aromatic carbocycles. The van der Waals surface area contributed by atoms with Gasteiger partial charge in [0.05, 0.1) is 5.69 Å². The molecule has 0 saturated carbocycles. The number of halogens is 1. The number of nitrogens with one attached hydrogen (secondary N) is 1. The quantitative estimate of drug-likeness (QED) is 0.574. The van der Waals surface area contributed by atoms with Crippen molar-refractivity contribution in [3.05, 3.63) is 71.1 Å². The van der Waals surface area contributed by atoms with E-state index in [1.54, 1.807) is 6.07 Å². The molecule has 6 nitrogen and oxygen atoms in total. The Morgan fingerprint density at radius 1 is 1.12 bits per heavy atom. The monoisotopic (exact) mass is 435 g/mol. The number of nitrogens with zero attached hydrogens (tertiary/aromatic N) is 4. The van der Waals surface area contributed by atoms with Gasteiger partial charge in [0, 0.05) is 60.4 Å². The molecule has 1 unspecified atom stereocenters. The Hall–Kier alpha value is -3.22. The number of hydrogen-bond acceptors (Lipinski definition) is 4. The minimum Gasteiger partial charge on any atom is -0.355 e. The van der Waals surface area contributed by atoms with Gasteiger partial charge >= 0.3 is 0 Å². The summed E-state index contributed by atoms with van der Waals surface area (Å²) in [7, 11) is 0. The maximum absolute atomic E-state index is 13.5. The van der Waals surface area contributed by atoms with Gasteiger partial charge in [0.15, 0.2) is 0 Å². The summed E-state index contributed by atoms with van der Waals surface area (Å²) in [5.41, 5.74) is 5.59. The lowest BCUT2D eigenvalue weighted by molar-refractivity contribution is -0.130. The van der Waals surface area contributed by atoms with Gasteiger partial charge in [-0.25, -0.2) is 4.39 Å². The topological polar surface area (TPSA) is 63.1 Å². The van der Waals surface area contributed by atoms with Crippen LogP contribution in [0, 0.1) is 26.6 Å². The van der Waals surface area contributed by atoms with Gasteiger partial charge in [-0.1, -0.05) is 6.07 Å². The van der Waals surface area contributed by atoms with Gasteiger partial charge < -0.3 is 10.2 Å². The van der Waals surface area contributed by atoms with Crippen molar-refractivity contribution in [1.82, 2.24) is 19.7 Å². The van der Waals surface area contributed by atoms with E-state index in [-0.39, 0.29) is 17.6 Å². The first-order valence-electron chi connectivity index (χ1n) is 11.2. The average molecular weight is 436 g/mol. The fourth-order valence-corrected chi connectivity index (χ4v) is 4.38. The van der Waals surface area contributed by atoms with E-state index in [2.05, 4.69) is 16.5 Å². The third-order valence-corrected chi connectivity index (χ3v) is 5.91. The second kappa shape index (κ2) is 9.51. The normalized spacial score (nSPS) is 15.9. The minimum absolute atomic E-state index is 0.194. The van der Waals surface area contributed by atoms with E-state index in [1.165, 1.54) is 12.1 Å². The molecule has 168 valence electrons. The zero-order valence-corrected chi connectivity index (χ0v) is 18.9. The minimum atomic E-state index is -0.274. The van der Waals surface area contributed by atoms with Crippen LogP contribution in [-0.2, 0) is 11.3 Å². The maximum Gasteiger partial charge on any atom is 0.222 e. The Kier molecular flexibility index (Phi) is 6.53. The van der Waals surface area contributed by atoms with Crippen LogP contribution in [0.15, 0.2) is 42.5 Å². The summed E-state index contributed by atoms with van der Waals surface area (Å²) in [5.74, 6) is 0.131. The van der Waals surface area contributed by atoms with E-state index in [0.29, 0.717) is 18.7 Å². The largest absolute Gasteiger partial charge is 0.355 e. The van der Waals surface area contributed by atoms with Gasteiger partial charge in [0.2, 0.25) is 5.91 Å². The zero-order chi connectivity index (χ0) is 22.7. The van der Waals surface area contributed by atoms with Crippen molar-refractivity contribution in [2.24, 2.45) is 0 Å². The molecule has 0 aliphatic carbocycles. The highest BCUT2D eigenvalue weighted by atomic mass is 19.1. The Bertz CT molecular complexity index is 1110. The summed E-state index contributed by atoms with van der Waals surface area (Å²) in [6.07, 6.45) is 2.21. The number of anilines is 2. The van der Waals surface area contributed by atoms with Crippen LogP contribution in [0.2, 0.25) is 0 Å². The molecule has 4 rings (SSSR count). The van der Waals surface area contributed by atoms with Crippen molar-refractivity contribution >= 4 is 17.3 Å². The highest BCUT2D eigenvalue weighted by Crippen LogP contribution is 2.29. The average Bonchev–Trinajstić information content (AvgIpc) is 3.34. The molecule has 0 spiro atoms. The van der Waals surface area contributed by atoms with Crippen molar-refractivity contribution in [2.45, 2.75) is 52.5 Å². The standard InChI is InChI=1S/C25H30FN5O/c1-17-13-23(28-22-7-4-6-21(26)14-22)15-24(27-17)20-9-11-30(16-20)25(32)8-5-10-31-19(3)12-18(2)29-31/h4,6-7,12-15,20H,5,8-11,16H2,1-3H3,(H,27,28). The molecular formula is C25H30FN5O. The molecule has 3 heterocycles. The fraction of sp³-hybridized carbons (Fsp3) is 0.400. The van der Waals surface area contributed by atoms with Crippen LogP contribution in [0.5, 0.6) is 0 Å². The number of hydrogen-bond donors (Lipinski definition) is 1. The molecule has 1 amide bonds. The molecule has 1 N–H and O–H groups in total. The number of rotatable bonds is 7. The van der Waals surface area contributed by atoms with Gasteiger partial charge in [-0.05, 0) is 70.0 Å². The number of pyridine rings is 1. The van der Waals surface area contributed by atoms with Crippen LogP contribution in [0.3, 0.4) is 0 Å². The van der Waals surface area contributed by atoms with Gasteiger partial charge in [-0.15, -0.1) is 0 Å². The van der Waals surface area contributed by atoms with Gasteiger partial charge in [-0.3, -0.25) is 14.5 Å². The fourth-order valence-electron chi connectivity index (χ4n) is 4.38. The first-order chi connectivity index (χ1) is 15.4. The number of aryl methyl sites for hydroxylation is 4. The summed E-state index contributed by atoms with van der Waals surface area (Å²) >= 11 is 0. The van der Waals surface area contributed by atoms with E-state index in [1.807, 2.05) is 48.6 Å². The SMILES string of the molecule is Cc1cc(Nc2cccc(F)c2)cc(C2CCN(C(=O)CCCn3nc(C)cc3C)C2)n1. The van der Waals surface area contributed by atoms with Crippen molar-refractivity contribution in [3.63, 3.8) is 0 Å². The summed E-state index contributed by atoms with van der Waals surface area (Å²) in [6.45, 7) is 8.19. The van der Waals surface area contributed by atoms with Crippen molar-refractivity contribution in [1.29, 1.82) is 0 Å². The van der Waals surface area contributed by atoms with Crippen molar-refractivity contribution in [2.75, 3.05) is 18.4 Å². The number of benzene rings is 1. The highest BCUT2D eigenvalue weighted by Gasteiger charge is 2.28. The molecule has 3 aromatic rings. The predicted molar refractivity (Wildman–Crippen MR) is 124 cm³/mol. The summed E-state index contributed by atoms with van der Waals surface area (Å²) in [4.78, 5) is 19.4. The molecule has 7 heteroatoms. The van der Waals surface area contributed by atoms with E-state index in [9.17, 15) is 9.18 Å². The van der Waals surface area contributed by atoms with Gasteiger partial charge in [0.25, 0.3) is 0 Å². The number of carbonyl (C=O) groups excluding carboxylic acids is 1. The molecular weight excluding hydrogens is 405 g/mol. The van der Waals surface area contributed by atoms with Crippen molar-refractivity contribution < 1.29 is 9.18 Å².